The van der Waals surface area contributed by atoms with E-state index in [4.69, 9.17) is 22.5 Å². The molecule has 0 aliphatic carbocycles. The second kappa shape index (κ2) is 13.1. The van der Waals surface area contributed by atoms with Crippen molar-refractivity contribution < 1.29 is 16.8 Å². The number of nitrogens with one attached hydrogen (secondary N) is 3. The predicted octanol–water partition coefficient (Wildman–Crippen LogP) is 2.70. The number of hydrogen-bond acceptors (Lipinski definition) is 10. The Morgan fingerprint density at radius 1 is 0.854 bits per heavy atom. The molecule has 4 rings (SSSR count). The summed E-state index contributed by atoms with van der Waals surface area (Å²) in [4.78, 5) is 12.5. The molecule has 17 heteroatoms. The Kier molecular flexibility index (Phi) is 9.61. The summed E-state index contributed by atoms with van der Waals surface area (Å²) in [7, 11) is -7.96. The molecule has 214 valence electrons. The Morgan fingerprint density at radius 3 is 2.22 bits per heavy atom. The van der Waals surface area contributed by atoms with E-state index in [-0.39, 0.29) is 33.5 Å². The second-order valence-electron chi connectivity index (χ2n) is 8.22. The number of sulfonamides is 2. The fraction of sp³-hybridized carbons (Fsp3) is 0.0833. The summed E-state index contributed by atoms with van der Waals surface area (Å²) in [5.74, 6) is 0.113. The summed E-state index contributed by atoms with van der Waals surface area (Å²) in [6.45, 7) is 0.224. The maximum absolute atomic E-state index is 13.0. The molecule has 0 aliphatic heterocycles. The van der Waals surface area contributed by atoms with E-state index in [1.54, 1.807) is 30.3 Å². The Morgan fingerprint density at radius 2 is 1.51 bits per heavy atom. The molecule has 0 atom stereocenters. The van der Waals surface area contributed by atoms with Crippen molar-refractivity contribution in [2.75, 3.05) is 10.7 Å². The number of anilines is 2. The molecule has 0 amide bonds. The smallest absolute Gasteiger partial charge is 0.286 e. The molecule has 4 aromatic rings. The number of hydrogen-bond donors (Lipinski definition) is 5. The standard InChI is InChI=1S/C24H24ClN9O4S3/c25-21-29-23(28-14-16-10-12-18(13-11-16)40(27,35)36)31-24(30-21)33-32-22(26)34-41(37,38)20-9-5-4-8-19(20)39-15-17-6-2-1-3-7-17/h1-13H,14-15H2,(H3,26,32,34)(H2,27,35,36)(H2,28,29,30,31,33). The van der Waals surface area contributed by atoms with Gasteiger partial charge in [0.1, 0.15) is 4.90 Å². The summed E-state index contributed by atoms with van der Waals surface area (Å²) in [5, 5.41) is 7.87. The Bertz CT molecular complexity index is 1760. The summed E-state index contributed by atoms with van der Waals surface area (Å²) in [6, 6.07) is 22.1. The first kappa shape index (κ1) is 30.0. The number of thioether (sulfide) groups is 1. The van der Waals surface area contributed by atoms with Gasteiger partial charge in [0.15, 0.2) is 0 Å². The van der Waals surface area contributed by atoms with Crippen molar-refractivity contribution in [2.45, 2.75) is 27.0 Å². The average Bonchev–Trinajstić information content (AvgIpc) is 2.94. The molecule has 13 nitrogen and oxygen atoms in total. The van der Waals surface area contributed by atoms with Crippen molar-refractivity contribution >= 4 is 61.3 Å². The summed E-state index contributed by atoms with van der Waals surface area (Å²) in [5.41, 5.74) is 12.6. The first-order valence-electron chi connectivity index (χ1n) is 11.6. The van der Waals surface area contributed by atoms with Crippen molar-refractivity contribution in [2.24, 2.45) is 15.3 Å². The molecule has 1 aromatic heterocycles. The van der Waals surface area contributed by atoms with Gasteiger partial charge in [0.2, 0.25) is 33.2 Å². The van der Waals surface area contributed by atoms with Crippen LogP contribution in [0, 0.1) is 0 Å². The zero-order valence-corrected chi connectivity index (χ0v) is 24.3. The maximum Gasteiger partial charge on any atom is 0.286 e. The fourth-order valence-corrected chi connectivity index (χ4v) is 6.35. The highest BCUT2D eigenvalue weighted by Gasteiger charge is 2.19. The van der Waals surface area contributed by atoms with E-state index in [0.29, 0.717) is 16.2 Å². The minimum absolute atomic E-state index is 0.0115. The predicted molar refractivity (Wildman–Crippen MR) is 158 cm³/mol. The Hall–Kier alpha value is -3.96. The normalized spacial score (nSPS) is 12.1. The summed E-state index contributed by atoms with van der Waals surface area (Å²) in [6.07, 6.45) is 0. The number of benzene rings is 3. The van der Waals surface area contributed by atoms with Gasteiger partial charge in [-0.05, 0) is 47.0 Å². The van der Waals surface area contributed by atoms with Gasteiger partial charge in [-0.1, -0.05) is 54.6 Å². The van der Waals surface area contributed by atoms with Gasteiger partial charge >= 0.3 is 0 Å². The van der Waals surface area contributed by atoms with Crippen molar-refractivity contribution in [3.63, 3.8) is 0 Å². The molecule has 0 aliphatic rings. The van der Waals surface area contributed by atoms with Gasteiger partial charge in [-0.25, -0.2) is 13.6 Å². The molecule has 0 unspecified atom stereocenters. The molecular formula is C24H24ClN9O4S3. The van der Waals surface area contributed by atoms with Gasteiger partial charge in [0.05, 0.1) is 4.90 Å². The molecule has 0 bridgehead atoms. The van der Waals surface area contributed by atoms with Crippen LogP contribution in [0.5, 0.6) is 0 Å². The highest BCUT2D eigenvalue weighted by atomic mass is 35.5. The van der Waals surface area contributed by atoms with Crippen LogP contribution < -0.4 is 27.0 Å². The first-order chi connectivity index (χ1) is 19.5. The third-order valence-electron chi connectivity index (χ3n) is 5.20. The van der Waals surface area contributed by atoms with Gasteiger partial charge in [-0.2, -0.15) is 23.4 Å². The van der Waals surface area contributed by atoms with Crippen LogP contribution in [0.25, 0.3) is 0 Å². The molecule has 0 saturated heterocycles. The molecule has 0 saturated carbocycles. The van der Waals surface area contributed by atoms with Crippen LogP contribution in [0.1, 0.15) is 11.1 Å². The van der Waals surface area contributed by atoms with Gasteiger partial charge in [0, 0.05) is 17.2 Å². The average molecular weight is 634 g/mol. The van der Waals surface area contributed by atoms with Gasteiger partial charge in [0.25, 0.3) is 10.0 Å². The number of hydrazine groups is 1. The minimum Gasteiger partial charge on any atom is -0.368 e. The van der Waals surface area contributed by atoms with E-state index < -0.39 is 26.0 Å². The number of guanidine groups is 1. The van der Waals surface area contributed by atoms with Gasteiger partial charge < -0.3 is 11.1 Å². The number of rotatable bonds is 11. The lowest BCUT2D eigenvalue weighted by molar-refractivity contribution is 0.594. The van der Waals surface area contributed by atoms with Crippen molar-refractivity contribution in [3.8, 4) is 0 Å². The lowest BCUT2D eigenvalue weighted by atomic mass is 10.2. The Balaban J connectivity index is 1.40. The van der Waals surface area contributed by atoms with E-state index in [2.05, 4.69) is 35.5 Å². The second-order valence-corrected chi connectivity index (χ2v) is 12.7. The zero-order valence-electron chi connectivity index (χ0n) is 21.1. The van der Waals surface area contributed by atoms with E-state index in [1.165, 1.54) is 30.0 Å². The number of nitrogens with zero attached hydrogens (tertiary/aromatic N) is 4. The van der Waals surface area contributed by atoms with E-state index in [0.717, 1.165) is 5.56 Å². The van der Waals surface area contributed by atoms with Crippen LogP contribution in [0.4, 0.5) is 11.9 Å². The maximum atomic E-state index is 13.0. The molecule has 0 radical (unpaired) electrons. The molecule has 0 spiro atoms. The van der Waals surface area contributed by atoms with E-state index in [9.17, 15) is 16.8 Å². The summed E-state index contributed by atoms with van der Waals surface area (Å²) < 4.78 is 52.5. The van der Waals surface area contributed by atoms with Crippen molar-refractivity contribution in [1.82, 2.24) is 20.4 Å². The molecule has 7 N–H and O–H groups in total. The topological polar surface area (TPSA) is 207 Å². The zero-order chi connectivity index (χ0) is 29.5. The largest absolute Gasteiger partial charge is 0.368 e. The van der Waals surface area contributed by atoms with Crippen LogP contribution in [-0.2, 0) is 32.3 Å². The van der Waals surface area contributed by atoms with Crippen LogP contribution >= 0.6 is 23.4 Å². The lowest BCUT2D eigenvalue weighted by Crippen LogP contribution is -2.37. The number of primary sulfonamides is 1. The van der Waals surface area contributed by atoms with Crippen molar-refractivity contribution in [3.05, 3.63) is 95.3 Å². The lowest BCUT2D eigenvalue weighted by Gasteiger charge is -2.11. The fourth-order valence-electron chi connectivity index (χ4n) is 3.30. The molecule has 1 heterocycles. The molecular weight excluding hydrogens is 610 g/mol. The molecule has 41 heavy (non-hydrogen) atoms. The molecule has 0 fully saturated rings. The quantitative estimate of drug-likeness (QED) is 0.0699. The number of nitrogens with two attached hydrogens (primary N) is 2. The third kappa shape index (κ3) is 8.76. The summed E-state index contributed by atoms with van der Waals surface area (Å²) >= 11 is 7.35. The van der Waals surface area contributed by atoms with Crippen LogP contribution in [0.3, 0.4) is 0 Å². The highest BCUT2D eigenvalue weighted by molar-refractivity contribution is 7.99. The van der Waals surface area contributed by atoms with Gasteiger partial charge in [-0.15, -0.1) is 16.2 Å². The number of aromatic nitrogens is 3. The van der Waals surface area contributed by atoms with Crippen molar-refractivity contribution in [1.29, 1.82) is 0 Å². The first-order valence-corrected chi connectivity index (χ1v) is 16.0. The van der Waals surface area contributed by atoms with Gasteiger partial charge in [-0.3, -0.25) is 10.9 Å². The van der Waals surface area contributed by atoms with Crippen LogP contribution in [0.2, 0.25) is 5.28 Å². The monoisotopic (exact) mass is 633 g/mol. The van der Waals surface area contributed by atoms with Crippen LogP contribution in [-0.4, -0.2) is 37.7 Å². The van der Waals surface area contributed by atoms with E-state index >= 15 is 0 Å². The van der Waals surface area contributed by atoms with E-state index in [1.807, 2.05) is 30.3 Å². The number of halogens is 1. The molecule has 3 aromatic carbocycles. The highest BCUT2D eigenvalue weighted by Crippen LogP contribution is 2.30. The van der Waals surface area contributed by atoms with Crippen LogP contribution in [0.15, 0.2) is 97.9 Å². The Labute approximate surface area is 245 Å². The SMILES string of the molecule is N/C(=N\S(=O)(=O)c1ccccc1SCc1ccccc1)NNc1nc(Cl)nc(NCc2ccc(S(N)(=O)=O)cc2)n1. The third-order valence-corrected chi connectivity index (χ3v) is 8.92. The minimum atomic E-state index is -4.16.